The smallest absolute Gasteiger partial charge is 0.222 e. The van der Waals surface area contributed by atoms with Gasteiger partial charge in [-0.3, -0.25) is 14.5 Å². The molecular weight excluding hydrogens is 366 g/mol. The Bertz CT molecular complexity index is 614. The Morgan fingerprint density at radius 1 is 1.15 bits per heavy atom. The number of nitrogens with zero attached hydrogens (tertiary/aromatic N) is 2. The molecule has 3 rings (SSSR count). The van der Waals surface area contributed by atoms with Crippen molar-refractivity contribution in [2.45, 2.75) is 37.6 Å². The van der Waals surface area contributed by atoms with Crippen LogP contribution in [0.5, 0.6) is 0 Å². The van der Waals surface area contributed by atoms with Crippen molar-refractivity contribution in [3.05, 3.63) is 35.9 Å². The predicted molar refractivity (Wildman–Crippen MR) is 107 cm³/mol. The summed E-state index contributed by atoms with van der Waals surface area (Å²) in [7, 11) is 0. The van der Waals surface area contributed by atoms with Gasteiger partial charge in [0.15, 0.2) is 0 Å². The number of nitrogens with one attached hydrogen (secondary N) is 1. The van der Waals surface area contributed by atoms with Crippen molar-refractivity contribution in [3.8, 4) is 0 Å². The van der Waals surface area contributed by atoms with E-state index in [9.17, 15) is 14.7 Å². The molecule has 1 aromatic carbocycles. The first-order valence-corrected chi connectivity index (χ1v) is 9.62. The number of rotatable bonds is 7. The van der Waals surface area contributed by atoms with Gasteiger partial charge in [0, 0.05) is 57.5 Å². The average Bonchev–Trinajstić information content (AvgIpc) is 3.04. The van der Waals surface area contributed by atoms with Crippen molar-refractivity contribution in [2.75, 3.05) is 39.3 Å². The normalized spacial score (nSPS) is 23.1. The molecule has 0 saturated carbocycles. The molecule has 2 N–H and O–H groups in total. The summed E-state index contributed by atoms with van der Waals surface area (Å²) in [4.78, 5) is 28.3. The van der Waals surface area contributed by atoms with E-state index in [0.717, 1.165) is 32.5 Å². The van der Waals surface area contributed by atoms with Crippen LogP contribution in [-0.4, -0.2) is 72.1 Å². The number of hydrogen-bond donors (Lipinski definition) is 2. The van der Waals surface area contributed by atoms with Crippen LogP contribution >= 0.6 is 12.4 Å². The Morgan fingerprint density at radius 2 is 1.93 bits per heavy atom. The number of carbonyl (C=O) groups is 2. The number of carbonyl (C=O) groups excluding carboxylic acids is 2. The molecule has 1 aromatic rings. The SMILES string of the molecule is Cl.O=C(CCN1CCCCC1=O)N[C@H]1CN(CCO)C[C@@H]1c1ccccc1. The Morgan fingerprint density at radius 3 is 2.63 bits per heavy atom. The van der Waals surface area contributed by atoms with Gasteiger partial charge in [0.1, 0.15) is 0 Å². The number of likely N-dealkylation sites (tertiary alicyclic amines) is 2. The Balaban J connectivity index is 0.00000261. The van der Waals surface area contributed by atoms with E-state index in [1.165, 1.54) is 5.56 Å². The molecule has 0 spiro atoms. The van der Waals surface area contributed by atoms with E-state index in [0.29, 0.717) is 25.9 Å². The summed E-state index contributed by atoms with van der Waals surface area (Å²) in [5.74, 6) is 0.393. The lowest BCUT2D eigenvalue weighted by atomic mass is 9.94. The van der Waals surface area contributed by atoms with Crippen molar-refractivity contribution < 1.29 is 14.7 Å². The van der Waals surface area contributed by atoms with Gasteiger partial charge in [-0.25, -0.2) is 0 Å². The fourth-order valence-corrected chi connectivity index (χ4v) is 4.01. The van der Waals surface area contributed by atoms with Crippen LogP contribution in [0.3, 0.4) is 0 Å². The highest BCUT2D eigenvalue weighted by Crippen LogP contribution is 2.27. The molecule has 2 saturated heterocycles. The van der Waals surface area contributed by atoms with Crippen LogP contribution in [0.15, 0.2) is 30.3 Å². The van der Waals surface area contributed by atoms with Crippen LogP contribution in [-0.2, 0) is 9.59 Å². The zero-order valence-electron chi connectivity index (χ0n) is 15.7. The topological polar surface area (TPSA) is 72.9 Å². The number of halogens is 1. The summed E-state index contributed by atoms with van der Waals surface area (Å²) in [5.41, 5.74) is 1.21. The monoisotopic (exact) mass is 395 g/mol. The molecular formula is C20H30ClN3O3. The molecule has 7 heteroatoms. The zero-order chi connectivity index (χ0) is 18.4. The van der Waals surface area contributed by atoms with Crippen LogP contribution in [0.2, 0.25) is 0 Å². The van der Waals surface area contributed by atoms with E-state index in [4.69, 9.17) is 0 Å². The molecule has 2 fully saturated rings. The van der Waals surface area contributed by atoms with E-state index in [1.807, 2.05) is 23.1 Å². The second-order valence-corrected chi connectivity index (χ2v) is 7.26. The maximum atomic E-state index is 12.5. The molecule has 2 aliphatic rings. The highest BCUT2D eigenvalue weighted by atomic mass is 35.5. The summed E-state index contributed by atoms with van der Waals surface area (Å²) >= 11 is 0. The number of β-amino-alcohol motifs (C(OH)–C–C–N with tert-alkyl or cyclic N) is 1. The van der Waals surface area contributed by atoms with Gasteiger partial charge >= 0.3 is 0 Å². The molecule has 0 aliphatic carbocycles. The van der Waals surface area contributed by atoms with E-state index in [2.05, 4.69) is 22.3 Å². The molecule has 150 valence electrons. The lowest BCUT2D eigenvalue weighted by molar-refractivity contribution is -0.133. The molecule has 0 radical (unpaired) electrons. The molecule has 0 aromatic heterocycles. The van der Waals surface area contributed by atoms with Crippen LogP contribution in [0.1, 0.15) is 37.2 Å². The number of benzene rings is 1. The van der Waals surface area contributed by atoms with Gasteiger partial charge in [-0.2, -0.15) is 0 Å². The largest absolute Gasteiger partial charge is 0.395 e. The summed E-state index contributed by atoms with van der Waals surface area (Å²) in [5, 5.41) is 12.4. The Hall–Kier alpha value is -1.63. The van der Waals surface area contributed by atoms with Gasteiger partial charge in [0.2, 0.25) is 11.8 Å². The number of hydrogen-bond acceptors (Lipinski definition) is 4. The standard InChI is InChI=1S/C20H29N3O3.ClH/c24-13-12-22-14-17(16-6-2-1-3-7-16)18(15-22)21-19(25)9-11-23-10-5-4-8-20(23)26;/h1-3,6-7,17-18,24H,4-5,8-15H2,(H,21,25);1H/t17-,18+;/m1./s1. The second kappa shape index (κ2) is 10.6. The van der Waals surface area contributed by atoms with Gasteiger partial charge in [-0.05, 0) is 18.4 Å². The summed E-state index contributed by atoms with van der Waals surface area (Å²) in [6, 6.07) is 10.3. The summed E-state index contributed by atoms with van der Waals surface area (Å²) < 4.78 is 0. The lowest BCUT2D eigenvalue weighted by Gasteiger charge is -2.27. The van der Waals surface area contributed by atoms with E-state index in [-0.39, 0.29) is 42.8 Å². The van der Waals surface area contributed by atoms with Crippen LogP contribution in [0.25, 0.3) is 0 Å². The van der Waals surface area contributed by atoms with Gasteiger partial charge in [-0.15, -0.1) is 12.4 Å². The maximum Gasteiger partial charge on any atom is 0.222 e. The fourth-order valence-electron chi connectivity index (χ4n) is 4.01. The average molecular weight is 396 g/mol. The van der Waals surface area contributed by atoms with Crippen LogP contribution < -0.4 is 5.32 Å². The first-order valence-electron chi connectivity index (χ1n) is 9.62. The zero-order valence-corrected chi connectivity index (χ0v) is 16.5. The van der Waals surface area contributed by atoms with E-state index >= 15 is 0 Å². The van der Waals surface area contributed by atoms with E-state index < -0.39 is 0 Å². The number of amides is 2. The highest BCUT2D eigenvalue weighted by molar-refractivity contribution is 5.85. The number of aliphatic hydroxyl groups excluding tert-OH is 1. The van der Waals surface area contributed by atoms with Crippen molar-refractivity contribution in [1.29, 1.82) is 0 Å². The third-order valence-corrected chi connectivity index (χ3v) is 5.42. The minimum Gasteiger partial charge on any atom is -0.395 e. The molecule has 6 nitrogen and oxygen atoms in total. The maximum absolute atomic E-state index is 12.5. The first-order chi connectivity index (χ1) is 12.7. The highest BCUT2D eigenvalue weighted by Gasteiger charge is 2.34. The van der Waals surface area contributed by atoms with Crippen molar-refractivity contribution in [1.82, 2.24) is 15.1 Å². The van der Waals surface area contributed by atoms with Crippen molar-refractivity contribution >= 4 is 24.2 Å². The second-order valence-electron chi connectivity index (χ2n) is 7.26. The van der Waals surface area contributed by atoms with Gasteiger partial charge in [0.25, 0.3) is 0 Å². The minimum atomic E-state index is 0. The number of aliphatic hydroxyl groups is 1. The molecule has 2 heterocycles. The quantitative estimate of drug-likeness (QED) is 0.731. The Kier molecular flexibility index (Phi) is 8.54. The summed E-state index contributed by atoms with van der Waals surface area (Å²) in [6.45, 7) is 3.60. The van der Waals surface area contributed by atoms with E-state index in [1.54, 1.807) is 0 Å². The first kappa shape index (κ1) is 21.7. The van der Waals surface area contributed by atoms with Gasteiger partial charge in [-0.1, -0.05) is 30.3 Å². The van der Waals surface area contributed by atoms with Gasteiger partial charge in [0.05, 0.1) is 6.61 Å². The Labute approximate surface area is 167 Å². The molecule has 2 atom stereocenters. The molecule has 2 aliphatic heterocycles. The van der Waals surface area contributed by atoms with Gasteiger partial charge < -0.3 is 15.3 Å². The molecule has 27 heavy (non-hydrogen) atoms. The lowest BCUT2D eigenvalue weighted by Crippen LogP contribution is -2.42. The van der Waals surface area contributed by atoms with Crippen molar-refractivity contribution in [3.63, 3.8) is 0 Å². The fraction of sp³-hybridized carbons (Fsp3) is 0.600. The summed E-state index contributed by atoms with van der Waals surface area (Å²) in [6.07, 6.45) is 2.95. The predicted octanol–water partition coefficient (Wildman–Crippen LogP) is 1.39. The van der Waals surface area contributed by atoms with Crippen LogP contribution in [0, 0.1) is 0 Å². The minimum absolute atomic E-state index is 0. The molecule has 0 bridgehead atoms. The third-order valence-electron chi connectivity index (χ3n) is 5.42. The van der Waals surface area contributed by atoms with Crippen molar-refractivity contribution in [2.24, 2.45) is 0 Å². The third kappa shape index (κ3) is 5.92. The molecule has 2 amide bonds. The molecule has 0 unspecified atom stereocenters. The van der Waals surface area contributed by atoms with Crippen LogP contribution in [0.4, 0.5) is 0 Å². The number of piperidine rings is 1.